The molecule has 0 bridgehead atoms. The van der Waals surface area contributed by atoms with E-state index in [2.05, 4.69) is 15.4 Å². The van der Waals surface area contributed by atoms with E-state index >= 15 is 4.79 Å². The molecule has 1 N–H and O–H groups in total. The Morgan fingerprint density at radius 2 is 1.73 bits per heavy atom. The van der Waals surface area contributed by atoms with E-state index in [1.807, 2.05) is 0 Å². The molecule has 4 aromatic carbocycles. The molecule has 1 atom stereocenters. The second-order valence-electron chi connectivity index (χ2n) is 14.7. The van der Waals surface area contributed by atoms with Gasteiger partial charge in [-0.3, -0.25) is 14.0 Å². The highest BCUT2D eigenvalue weighted by molar-refractivity contribution is 7.92. The summed E-state index contributed by atoms with van der Waals surface area (Å²) in [6, 6.07) is 16.7. The third-order valence-corrected chi connectivity index (χ3v) is 11.4. The molecule has 18 heteroatoms. The molecule has 7 rings (SSSR count). The highest BCUT2D eigenvalue weighted by Crippen LogP contribution is 2.39. The number of hydrogen-bond acceptors (Lipinski definition) is 10. The Morgan fingerprint density at radius 3 is 2.36 bits per heavy atom. The molecule has 0 saturated carbocycles. The number of nitrogens with one attached hydrogen (secondary N) is 1. The molecule has 0 spiro atoms. The molecule has 0 aliphatic carbocycles. The van der Waals surface area contributed by atoms with E-state index < -0.39 is 45.0 Å². The van der Waals surface area contributed by atoms with Crippen molar-refractivity contribution in [3.8, 4) is 22.0 Å². The number of carbonyl (C=O) groups is 1. The van der Waals surface area contributed by atoms with Crippen molar-refractivity contribution < 1.29 is 31.5 Å². The quantitative estimate of drug-likeness (QED) is 0.136. The van der Waals surface area contributed by atoms with Gasteiger partial charge in [0.25, 0.3) is 5.56 Å². The van der Waals surface area contributed by atoms with Crippen molar-refractivity contribution >= 4 is 66.7 Å². The Balaban J connectivity index is 1.53. The number of fused-ring (bicyclic) bond motifs is 2. The van der Waals surface area contributed by atoms with Gasteiger partial charge in [-0.05, 0) is 74.4 Å². The van der Waals surface area contributed by atoms with Gasteiger partial charge in [-0.15, -0.1) is 11.3 Å². The number of hydrogen-bond donors (Lipinski definition) is 1. The maximum atomic E-state index is 15.3. The number of aromatic nitrogens is 5. The van der Waals surface area contributed by atoms with Gasteiger partial charge in [0.05, 0.1) is 58.5 Å². The molecule has 0 radical (unpaired) electrons. The van der Waals surface area contributed by atoms with Gasteiger partial charge >= 0.3 is 6.09 Å². The number of amides is 1. The molecule has 0 saturated heterocycles. The van der Waals surface area contributed by atoms with Crippen LogP contribution < -0.4 is 19.9 Å². The number of thiazole rings is 1. The molecule has 3 aromatic heterocycles. The summed E-state index contributed by atoms with van der Waals surface area (Å²) < 4.78 is 71.0. The van der Waals surface area contributed by atoms with Crippen molar-refractivity contribution in [1.82, 2.24) is 29.6 Å². The van der Waals surface area contributed by atoms with Crippen LogP contribution in [0.3, 0.4) is 0 Å². The molecular weight excluding hydrogens is 824 g/mol. The van der Waals surface area contributed by atoms with Crippen molar-refractivity contribution in [1.29, 1.82) is 0 Å². The largest absolute Gasteiger partial charge is 0.497 e. The number of benzene rings is 4. The van der Waals surface area contributed by atoms with Crippen molar-refractivity contribution in [3.63, 3.8) is 0 Å². The van der Waals surface area contributed by atoms with E-state index in [0.29, 0.717) is 21.9 Å². The lowest BCUT2D eigenvalue weighted by atomic mass is 10.0. The predicted octanol–water partition coefficient (Wildman–Crippen LogP) is 8.11. The van der Waals surface area contributed by atoms with Gasteiger partial charge in [-0.2, -0.15) is 5.10 Å². The van der Waals surface area contributed by atoms with Crippen LogP contribution in [0.15, 0.2) is 89.2 Å². The summed E-state index contributed by atoms with van der Waals surface area (Å²) in [5.41, 5.74) is 0.358. The summed E-state index contributed by atoms with van der Waals surface area (Å²) in [6.45, 7) is 4.90. The lowest BCUT2D eigenvalue weighted by Gasteiger charge is -2.26. The molecule has 7 aromatic rings. The second kappa shape index (κ2) is 16.0. The van der Waals surface area contributed by atoms with Gasteiger partial charge in [-0.1, -0.05) is 35.9 Å². The summed E-state index contributed by atoms with van der Waals surface area (Å²) in [6.07, 6.45) is 1.53. The number of sulfonamides is 1. The number of rotatable bonds is 11. The SMILES string of the molecule is COc1ccc(CN(c2nn(C)c3c(-n4c(C(Cc5cc(F)cc(F)c5)NC(=O)OC(C)(C)C)nc5cccc(-c6nccs6)c5c4=O)ccc(Cl)c23)S(C)(=O)=O)cc1. The van der Waals surface area contributed by atoms with Crippen LogP contribution in [-0.4, -0.2) is 57.8 Å². The van der Waals surface area contributed by atoms with Crippen LogP contribution in [0, 0.1) is 11.6 Å². The molecule has 13 nitrogen and oxygen atoms in total. The average Bonchev–Trinajstić information content (AvgIpc) is 3.81. The number of nitrogens with zero attached hydrogens (tertiary/aromatic N) is 6. The van der Waals surface area contributed by atoms with Gasteiger partial charge in [0.2, 0.25) is 10.0 Å². The maximum Gasteiger partial charge on any atom is 0.408 e. The van der Waals surface area contributed by atoms with Crippen molar-refractivity contribution in [2.75, 3.05) is 17.7 Å². The lowest BCUT2D eigenvalue weighted by Crippen LogP contribution is -2.39. The molecule has 0 aliphatic rings. The third kappa shape index (κ3) is 8.63. The van der Waals surface area contributed by atoms with Crippen LogP contribution in [0.5, 0.6) is 5.75 Å². The number of methoxy groups -OCH3 is 1. The van der Waals surface area contributed by atoms with Crippen LogP contribution in [0.25, 0.3) is 38.1 Å². The zero-order valence-electron chi connectivity index (χ0n) is 32.7. The highest BCUT2D eigenvalue weighted by Gasteiger charge is 2.31. The predicted molar refractivity (Wildman–Crippen MR) is 224 cm³/mol. The summed E-state index contributed by atoms with van der Waals surface area (Å²) in [4.78, 5) is 38.3. The van der Waals surface area contributed by atoms with Gasteiger partial charge in [0.1, 0.15) is 33.8 Å². The van der Waals surface area contributed by atoms with Crippen LogP contribution in [0.4, 0.5) is 19.4 Å². The zero-order valence-corrected chi connectivity index (χ0v) is 35.0. The standard InChI is InChI=1S/C41H38ClF2N7O6S2/c1-41(2,3)57-40(53)47-31(20-24-18-25(43)21-26(44)19-24)36-46-30-9-7-8-28(38-45-16-17-58-38)33(30)39(52)51(36)32-15-14-29(42)34-35(32)49(4)48-37(34)50(59(6,54)55)22-23-10-12-27(56-5)13-11-23/h7-19,21,31H,20,22H2,1-6H3,(H,47,53). The van der Waals surface area contributed by atoms with E-state index in [0.717, 1.165) is 28.8 Å². The molecule has 3 heterocycles. The molecule has 1 unspecified atom stereocenters. The monoisotopic (exact) mass is 861 g/mol. The zero-order chi connectivity index (χ0) is 42.4. The van der Waals surface area contributed by atoms with E-state index in [1.165, 1.54) is 33.8 Å². The number of halogens is 3. The van der Waals surface area contributed by atoms with Gasteiger partial charge in [0.15, 0.2) is 5.82 Å². The van der Waals surface area contributed by atoms with Crippen molar-refractivity contribution in [3.05, 3.63) is 128 Å². The Kier molecular flexibility index (Phi) is 11.2. The second-order valence-corrected chi connectivity index (χ2v) is 17.9. The van der Waals surface area contributed by atoms with Gasteiger partial charge in [0, 0.05) is 36.7 Å². The summed E-state index contributed by atoms with van der Waals surface area (Å²) in [5, 5.41) is 10.3. The van der Waals surface area contributed by atoms with Crippen molar-refractivity contribution in [2.24, 2.45) is 7.05 Å². The smallest absolute Gasteiger partial charge is 0.408 e. The van der Waals surface area contributed by atoms with E-state index in [9.17, 15) is 22.0 Å². The Morgan fingerprint density at radius 1 is 1.02 bits per heavy atom. The first-order chi connectivity index (χ1) is 27.9. The third-order valence-electron chi connectivity index (χ3n) is 9.21. The fourth-order valence-corrected chi connectivity index (χ4v) is 8.54. The minimum Gasteiger partial charge on any atom is -0.497 e. The van der Waals surface area contributed by atoms with E-state index in [-0.39, 0.29) is 62.7 Å². The summed E-state index contributed by atoms with van der Waals surface area (Å²) in [5.74, 6) is -1.17. The number of carbonyl (C=O) groups excluding carboxylic acids is 1. The van der Waals surface area contributed by atoms with E-state index in [4.69, 9.17) is 26.1 Å². The number of aryl methyl sites for hydroxylation is 1. The minimum atomic E-state index is -4.01. The number of anilines is 1. The maximum absolute atomic E-state index is 15.3. The van der Waals surface area contributed by atoms with Crippen LogP contribution in [-0.2, 0) is 34.8 Å². The van der Waals surface area contributed by atoms with Crippen LogP contribution in [0.2, 0.25) is 5.02 Å². The number of ether oxygens (including phenoxy) is 2. The normalized spacial score (nSPS) is 12.5. The summed E-state index contributed by atoms with van der Waals surface area (Å²) >= 11 is 8.24. The molecular formula is C41H38ClF2N7O6S2. The first kappa shape index (κ1) is 41.3. The molecule has 59 heavy (non-hydrogen) atoms. The van der Waals surface area contributed by atoms with Gasteiger partial charge < -0.3 is 14.8 Å². The molecule has 306 valence electrons. The Bertz CT molecular complexity index is 2880. The van der Waals surface area contributed by atoms with E-state index in [1.54, 1.807) is 87.9 Å². The Hall–Kier alpha value is -5.91. The first-order valence-electron chi connectivity index (χ1n) is 18.1. The van der Waals surface area contributed by atoms with Crippen LogP contribution >= 0.6 is 22.9 Å². The van der Waals surface area contributed by atoms with Gasteiger partial charge in [-0.25, -0.2) is 36.3 Å². The molecule has 0 fully saturated rings. The fourth-order valence-electron chi connectivity index (χ4n) is 6.81. The first-order valence-corrected chi connectivity index (χ1v) is 21.2. The molecule has 0 aliphatic heterocycles. The fraction of sp³-hybridized carbons (Fsp3) is 0.244. The lowest BCUT2D eigenvalue weighted by molar-refractivity contribution is 0.0500. The number of alkyl carbamates (subject to hydrolysis) is 1. The average molecular weight is 862 g/mol. The molecule has 1 amide bonds. The summed E-state index contributed by atoms with van der Waals surface area (Å²) in [7, 11) is -0.906. The topological polar surface area (TPSA) is 151 Å². The van der Waals surface area contributed by atoms with Crippen LogP contribution in [0.1, 0.15) is 43.8 Å². The minimum absolute atomic E-state index is 0.0156. The van der Waals surface area contributed by atoms with Crippen molar-refractivity contribution in [2.45, 2.75) is 45.4 Å². The Labute approximate surface area is 346 Å². The highest BCUT2D eigenvalue weighted by atomic mass is 35.5.